The number of hydrogen-bond acceptors (Lipinski definition) is 2. The Labute approximate surface area is 132 Å². The highest BCUT2D eigenvalue weighted by molar-refractivity contribution is 6.04. The summed E-state index contributed by atoms with van der Waals surface area (Å²) in [4.78, 5) is 11.9. The van der Waals surface area contributed by atoms with E-state index in [1.807, 2.05) is 0 Å². The molecular formula is C17H17F3N2O. The van der Waals surface area contributed by atoms with Crippen molar-refractivity contribution in [3.8, 4) is 0 Å². The van der Waals surface area contributed by atoms with Crippen molar-refractivity contribution < 1.29 is 18.0 Å². The van der Waals surface area contributed by atoms with Crippen molar-refractivity contribution in [3.05, 3.63) is 59.4 Å². The summed E-state index contributed by atoms with van der Waals surface area (Å²) in [5.41, 5.74) is 0.760. The van der Waals surface area contributed by atoms with Crippen molar-refractivity contribution in [2.45, 2.75) is 13.8 Å². The Kier molecular flexibility index (Phi) is 5.26. The minimum atomic E-state index is -1.66. The van der Waals surface area contributed by atoms with Crippen LogP contribution < -0.4 is 10.6 Å². The first-order chi connectivity index (χ1) is 10.9. The second-order valence-corrected chi connectivity index (χ2v) is 5.53. The number of amides is 1. The van der Waals surface area contributed by atoms with E-state index in [1.54, 1.807) is 24.3 Å². The fourth-order valence-electron chi connectivity index (χ4n) is 1.89. The third kappa shape index (κ3) is 4.25. The molecule has 0 aliphatic heterocycles. The zero-order valence-corrected chi connectivity index (χ0v) is 12.8. The van der Waals surface area contributed by atoms with Crippen LogP contribution in [-0.2, 0) is 0 Å². The lowest BCUT2D eigenvalue weighted by Gasteiger charge is -2.10. The maximum atomic E-state index is 13.6. The molecule has 0 heterocycles. The van der Waals surface area contributed by atoms with Crippen molar-refractivity contribution in [1.29, 1.82) is 0 Å². The van der Waals surface area contributed by atoms with Gasteiger partial charge in [-0.2, -0.15) is 0 Å². The molecule has 0 atom stereocenters. The van der Waals surface area contributed by atoms with E-state index in [4.69, 9.17) is 0 Å². The van der Waals surface area contributed by atoms with Gasteiger partial charge in [0.05, 0.1) is 5.56 Å². The molecular weight excluding hydrogens is 305 g/mol. The highest BCUT2D eigenvalue weighted by atomic mass is 19.2. The molecule has 0 saturated carbocycles. The van der Waals surface area contributed by atoms with Crippen molar-refractivity contribution >= 4 is 17.3 Å². The van der Waals surface area contributed by atoms with Crippen LogP contribution in [0.2, 0.25) is 0 Å². The molecule has 0 unspecified atom stereocenters. The predicted octanol–water partition coefficient (Wildman–Crippen LogP) is 4.42. The third-order valence-corrected chi connectivity index (χ3v) is 3.14. The molecule has 0 aliphatic carbocycles. The number of nitrogens with one attached hydrogen (secondary N) is 2. The molecule has 0 bridgehead atoms. The smallest absolute Gasteiger partial charge is 0.258 e. The topological polar surface area (TPSA) is 41.1 Å². The van der Waals surface area contributed by atoms with Crippen LogP contribution in [0.4, 0.5) is 24.5 Å². The van der Waals surface area contributed by atoms with Gasteiger partial charge in [0, 0.05) is 17.9 Å². The number of benzene rings is 2. The van der Waals surface area contributed by atoms with E-state index in [9.17, 15) is 18.0 Å². The van der Waals surface area contributed by atoms with Crippen molar-refractivity contribution in [3.63, 3.8) is 0 Å². The number of anilines is 2. The Morgan fingerprint density at radius 1 is 0.957 bits per heavy atom. The molecule has 0 spiro atoms. The number of carbonyl (C=O) groups excluding carboxylic acids is 1. The van der Waals surface area contributed by atoms with E-state index >= 15 is 0 Å². The Bertz CT molecular complexity index is 700. The predicted molar refractivity (Wildman–Crippen MR) is 84.0 cm³/mol. The monoisotopic (exact) mass is 322 g/mol. The lowest BCUT2D eigenvalue weighted by Crippen LogP contribution is -2.15. The molecule has 0 saturated heterocycles. The fourth-order valence-corrected chi connectivity index (χ4v) is 1.89. The van der Waals surface area contributed by atoms with Gasteiger partial charge in [0.1, 0.15) is 0 Å². The van der Waals surface area contributed by atoms with E-state index in [0.29, 0.717) is 17.7 Å². The Morgan fingerprint density at radius 3 is 2.17 bits per heavy atom. The fraction of sp³-hybridized carbons (Fsp3) is 0.235. The van der Waals surface area contributed by atoms with Crippen LogP contribution in [0.3, 0.4) is 0 Å². The SMILES string of the molecule is CC(C)CNc1ccc(NC(=O)c2ccc(F)c(F)c2F)cc1. The Balaban J connectivity index is 2.07. The van der Waals surface area contributed by atoms with Crippen molar-refractivity contribution in [1.82, 2.24) is 0 Å². The summed E-state index contributed by atoms with van der Waals surface area (Å²) in [5, 5.41) is 5.66. The summed E-state index contributed by atoms with van der Waals surface area (Å²) >= 11 is 0. The maximum Gasteiger partial charge on any atom is 0.258 e. The summed E-state index contributed by atoms with van der Waals surface area (Å²) in [7, 11) is 0. The zero-order chi connectivity index (χ0) is 17.0. The molecule has 0 fully saturated rings. The molecule has 23 heavy (non-hydrogen) atoms. The van der Waals surface area contributed by atoms with Crippen LogP contribution in [0.1, 0.15) is 24.2 Å². The Hall–Kier alpha value is -2.50. The first-order valence-corrected chi connectivity index (χ1v) is 7.17. The van der Waals surface area contributed by atoms with Gasteiger partial charge >= 0.3 is 0 Å². The van der Waals surface area contributed by atoms with Gasteiger partial charge in [-0.25, -0.2) is 13.2 Å². The molecule has 6 heteroatoms. The van der Waals surface area contributed by atoms with Gasteiger partial charge in [-0.05, 0) is 42.3 Å². The number of halogens is 3. The van der Waals surface area contributed by atoms with Gasteiger partial charge in [0.2, 0.25) is 0 Å². The van der Waals surface area contributed by atoms with Gasteiger partial charge in [0.15, 0.2) is 17.5 Å². The Morgan fingerprint density at radius 2 is 1.57 bits per heavy atom. The van der Waals surface area contributed by atoms with Crippen LogP contribution >= 0.6 is 0 Å². The molecule has 2 N–H and O–H groups in total. The summed E-state index contributed by atoms with van der Waals surface area (Å²) in [6, 6.07) is 8.42. The van der Waals surface area contributed by atoms with Crippen LogP contribution in [-0.4, -0.2) is 12.5 Å². The summed E-state index contributed by atoms with van der Waals surface area (Å²) in [6.45, 7) is 4.97. The summed E-state index contributed by atoms with van der Waals surface area (Å²) < 4.78 is 39.6. The highest BCUT2D eigenvalue weighted by Crippen LogP contribution is 2.18. The molecule has 0 aliphatic rings. The van der Waals surface area contributed by atoms with Crippen LogP contribution in [0.25, 0.3) is 0 Å². The molecule has 0 aromatic heterocycles. The second kappa shape index (κ2) is 7.17. The molecule has 2 aromatic rings. The average molecular weight is 322 g/mol. The van der Waals surface area contributed by atoms with Crippen LogP contribution in [0, 0.1) is 23.4 Å². The number of rotatable bonds is 5. The first-order valence-electron chi connectivity index (χ1n) is 7.17. The van der Waals surface area contributed by atoms with E-state index < -0.39 is 28.9 Å². The normalized spacial score (nSPS) is 10.7. The van der Waals surface area contributed by atoms with Crippen LogP contribution in [0.15, 0.2) is 36.4 Å². The van der Waals surface area contributed by atoms with Gasteiger partial charge in [-0.1, -0.05) is 13.8 Å². The lowest BCUT2D eigenvalue weighted by molar-refractivity contribution is 0.102. The minimum absolute atomic E-state index is 0.425. The van der Waals surface area contributed by atoms with Crippen molar-refractivity contribution in [2.24, 2.45) is 5.92 Å². The summed E-state index contributed by atoms with van der Waals surface area (Å²) in [6.07, 6.45) is 0. The van der Waals surface area contributed by atoms with Crippen molar-refractivity contribution in [2.75, 3.05) is 17.2 Å². The van der Waals surface area contributed by atoms with Gasteiger partial charge in [0.25, 0.3) is 5.91 Å². The zero-order valence-electron chi connectivity index (χ0n) is 12.8. The molecule has 2 rings (SSSR count). The summed E-state index contributed by atoms with van der Waals surface area (Å²) in [5.74, 6) is -4.85. The quantitative estimate of drug-likeness (QED) is 0.800. The number of hydrogen-bond donors (Lipinski definition) is 2. The van der Waals surface area contributed by atoms with Gasteiger partial charge in [-0.15, -0.1) is 0 Å². The average Bonchev–Trinajstić information content (AvgIpc) is 2.52. The largest absolute Gasteiger partial charge is 0.385 e. The molecule has 1 amide bonds. The third-order valence-electron chi connectivity index (χ3n) is 3.14. The molecule has 3 nitrogen and oxygen atoms in total. The first kappa shape index (κ1) is 16.9. The second-order valence-electron chi connectivity index (χ2n) is 5.53. The molecule has 0 radical (unpaired) electrons. The van der Waals surface area contributed by atoms with E-state index in [2.05, 4.69) is 24.5 Å². The van der Waals surface area contributed by atoms with Gasteiger partial charge < -0.3 is 10.6 Å². The molecule has 2 aromatic carbocycles. The highest BCUT2D eigenvalue weighted by Gasteiger charge is 2.18. The van der Waals surface area contributed by atoms with E-state index in [0.717, 1.165) is 18.3 Å². The van der Waals surface area contributed by atoms with E-state index in [-0.39, 0.29) is 0 Å². The van der Waals surface area contributed by atoms with Crippen LogP contribution in [0.5, 0.6) is 0 Å². The van der Waals surface area contributed by atoms with E-state index in [1.165, 1.54) is 0 Å². The standard InChI is InChI=1S/C17H17F3N2O/c1-10(2)9-21-11-3-5-12(6-4-11)22-17(23)13-7-8-14(18)16(20)15(13)19/h3-8,10,21H,9H2,1-2H3,(H,22,23). The maximum absolute atomic E-state index is 13.6. The lowest BCUT2D eigenvalue weighted by atomic mass is 10.1. The van der Waals surface area contributed by atoms with Gasteiger partial charge in [-0.3, -0.25) is 4.79 Å². The number of carbonyl (C=O) groups is 1. The molecule has 122 valence electrons. The minimum Gasteiger partial charge on any atom is -0.385 e.